The van der Waals surface area contributed by atoms with Crippen molar-refractivity contribution in [3.63, 3.8) is 0 Å². The number of rotatable bonds is 8. The van der Waals surface area contributed by atoms with E-state index in [9.17, 15) is 13.2 Å². The van der Waals surface area contributed by atoms with Crippen LogP contribution in [-0.2, 0) is 6.42 Å². The average Bonchev–Trinajstić information content (AvgIpc) is 3.44. The summed E-state index contributed by atoms with van der Waals surface area (Å²) in [7, 11) is 0. The van der Waals surface area contributed by atoms with E-state index in [0.717, 1.165) is 41.4 Å². The molecule has 1 aliphatic heterocycles. The summed E-state index contributed by atoms with van der Waals surface area (Å²) in [4.78, 5) is 6.61. The van der Waals surface area contributed by atoms with E-state index in [1.54, 1.807) is 18.0 Å². The zero-order valence-electron chi connectivity index (χ0n) is 22.6. The van der Waals surface area contributed by atoms with Crippen molar-refractivity contribution in [3.05, 3.63) is 90.3 Å². The van der Waals surface area contributed by atoms with Gasteiger partial charge in [0.25, 0.3) is 0 Å². The number of para-hydroxylation sites is 1. The van der Waals surface area contributed by atoms with Crippen LogP contribution in [0.15, 0.2) is 89.3 Å². The van der Waals surface area contributed by atoms with Gasteiger partial charge in [0, 0.05) is 23.5 Å². The smallest absolute Gasteiger partial charge is 0.406 e. The van der Waals surface area contributed by atoms with Crippen LogP contribution < -0.4 is 9.64 Å². The lowest BCUT2D eigenvalue weighted by Gasteiger charge is -2.31. The lowest BCUT2D eigenvalue weighted by molar-refractivity contribution is -0.274. The van der Waals surface area contributed by atoms with Crippen molar-refractivity contribution in [3.8, 4) is 22.8 Å². The number of amidine groups is 1. The highest BCUT2D eigenvalue weighted by molar-refractivity contribution is 8.14. The molecule has 0 saturated carbocycles. The molecule has 7 nitrogen and oxygen atoms in total. The summed E-state index contributed by atoms with van der Waals surface area (Å²) in [6, 6.07) is 21.5. The molecule has 4 aromatic rings. The third kappa shape index (κ3) is 7.55. The van der Waals surface area contributed by atoms with E-state index >= 15 is 0 Å². The van der Waals surface area contributed by atoms with Gasteiger partial charge in [-0.3, -0.25) is 0 Å². The van der Waals surface area contributed by atoms with Gasteiger partial charge >= 0.3 is 6.36 Å². The fourth-order valence-electron chi connectivity index (χ4n) is 4.44. The molecule has 0 radical (unpaired) electrons. The third-order valence-electron chi connectivity index (χ3n) is 6.24. The molecule has 0 amide bonds. The predicted octanol–water partition coefficient (Wildman–Crippen LogP) is 7.36. The summed E-state index contributed by atoms with van der Waals surface area (Å²) in [5, 5.41) is 14.3. The molecule has 41 heavy (non-hydrogen) atoms. The molecule has 1 aliphatic rings. The molecule has 0 unspecified atom stereocenters. The van der Waals surface area contributed by atoms with Crippen LogP contribution >= 0.6 is 11.8 Å². The van der Waals surface area contributed by atoms with E-state index in [2.05, 4.69) is 68.0 Å². The average molecular weight is 579 g/mol. The second-order valence-corrected chi connectivity index (χ2v) is 10.9. The van der Waals surface area contributed by atoms with Gasteiger partial charge < -0.3 is 9.64 Å². The zero-order valence-corrected chi connectivity index (χ0v) is 23.4. The van der Waals surface area contributed by atoms with Crippen molar-refractivity contribution in [2.75, 3.05) is 17.2 Å². The predicted molar refractivity (Wildman–Crippen MR) is 158 cm³/mol. The lowest BCUT2D eigenvalue weighted by Crippen LogP contribution is -2.34. The van der Waals surface area contributed by atoms with Gasteiger partial charge in [0.1, 0.15) is 12.1 Å². The molecule has 1 fully saturated rings. The molecule has 0 spiro atoms. The van der Waals surface area contributed by atoms with Crippen LogP contribution in [0.25, 0.3) is 17.1 Å². The second kappa shape index (κ2) is 12.6. The van der Waals surface area contributed by atoms with Crippen molar-refractivity contribution < 1.29 is 17.9 Å². The van der Waals surface area contributed by atoms with Gasteiger partial charge in [-0.05, 0) is 60.2 Å². The van der Waals surface area contributed by atoms with E-state index in [-0.39, 0.29) is 5.75 Å². The van der Waals surface area contributed by atoms with Gasteiger partial charge in [-0.15, -0.1) is 23.4 Å². The first-order valence-corrected chi connectivity index (χ1v) is 14.2. The Morgan fingerprint density at radius 3 is 2.51 bits per heavy atom. The minimum atomic E-state index is -4.74. The first-order chi connectivity index (χ1) is 19.7. The number of hydrogen-bond donors (Lipinski definition) is 0. The highest BCUT2D eigenvalue weighted by Gasteiger charge is 2.31. The number of ether oxygens (including phenoxy) is 1. The van der Waals surface area contributed by atoms with Crippen molar-refractivity contribution in [2.24, 2.45) is 16.1 Å². The fourth-order valence-corrected chi connectivity index (χ4v) is 5.34. The standard InChI is InChI=1S/C30H29F3N6OS/c1-21(2)18-24-6-3-4-7-27(24)38-16-5-17-41-29(38)36-35-19-22-8-10-23(11-9-22)28-34-20-39(37-28)25-12-14-26(15-13-25)40-30(31,32)33/h3-4,6-15,19-21H,5,16-18H2,1-2H3. The number of benzene rings is 3. The molecular formula is C30H29F3N6OS. The molecule has 0 bridgehead atoms. The molecular weight excluding hydrogens is 549 g/mol. The van der Waals surface area contributed by atoms with Gasteiger partial charge in [-0.2, -0.15) is 5.10 Å². The van der Waals surface area contributed by atoms with Crippen LogP contribution in [0.1, 0.15) is 31.4 Å². The number of aromatic nitrogens is 3. The number of thioether (sulfide) groups is 1. The third-order valence-corrected chi connectivity index (χ3v) is 7.30. The maximum absolute atomic E-state index is 12.4. The quantitative estimate of drug-likeness (QED) is 0.161. The molecule has 0 aliphatic carbocycles. The summed E-state index contributed by atoms with van der Waals surface area (Å²) >= 11 is 1.72. The fraction of sp³-hybridized carbons (Fsp3) is 0.267. The summed E-state index contributed by atoms with van der Waals surface area (Å²) in [5.74, 6) is 1.76. The number of alkyl halides is 3. The Morgan fingerprint density at radius 2 is 1.78 bits per heavy atom. The Morgan fingerprint density at radius 1 is 1.02 bits per heavy atom. The Labute approximate surface area is 240 Å². The van der Waals surface area contributed by atoms with E-state index in [1.807, 2.05) is 24.3 Å². The number of hydrogen-bond acceptors (Lipinski definition) is 6. The van der Waals surface area contributed by atoms with Gasteiger partial charge in [0.15, 0.2) is 11.0 Å². The van der Waals surface area contributed by atoms with Crippen LogP contribution in [0, 0.1) is 5.92 Å². The molecule has 0 atom stereocenters. The molecule has 212 valence electrons. The maximum atomic E-state index is 12.4. The van der Waals surface area contributed by atoms with Gasteiger partial charge in [0.05, 0.1) is 11.9 Å². The number of anilines is 1. The summed E-state index contributed by atoms with van der Waals surface area (Å²) < 4.78 is 42.6. The minimum absolute atomic E-state index is 0.297. The number of nitrogens with zero attached hydrogens (tertiary/aromatic N) is 6. The zero-order chi connectivity index (χ0) is 28.8. The molecule has 5 rings (SSSR count). The first kappa shape index (κ1) is 28.4. The van der Waals surface area contributed by atoms with Crippen LogP contribution in [0.2, 0.25) is 0 Å². The summed E-state index contributed by atoms with van der Waals surface area (Å²) in [5.41, 5.74) is 4.75. The largest absolute Gasteiger partial charge is 0.573 e. The van der Waals surface area contributed by atoms with Crippen LogP contribution in [-0.4, -0.2) is 44.8 Å². The van der Waals surface area contributed by atoms with Crippen molar-refractivity contribution in [1.82, 2.24) is 14.8 Å². The van der Waals surface area contributed by atoms with Crippen LogP contribution in [0.3, 0.4) is 0 Å². The number of halogens is 3. The van der Waals surface area contributed by atoms with E-state index < -0.39 is 6.36 Å². The van der Waals surface area contributed by atoms with E-state index in [4.69, 9.17) is 0 Å². The minimum Gasteiger partial charge on any atom is -0.406 e. The van der Waals surface area contributed by atoms with Crippen molar-refractivity contribution in [2.45, 2.75) is 33.1 Å². The Balaban J connectivity index is 1.26. The van der Waals surface area contributed by atoms with E-state index in [1.165, 1.54) is 46.5 Å². The highest BCUT2D eigenvalue weighted by atomic mass is 32.2. The molecule has 3 aromatic carbocycles. The van der Waals surface area contributed by atoms with Crippen LogP contribution in [0.4, 0.5) is 18.9 Å². The van der Waals surface area contributed by atoms with E-state index in [0.29, 0.717) is 17.4 Å². The maximum Gasteiger partial charge on any atom is 0.573 e. The second-order valence-electron chi connectivity index (χ2n) is 9.88. The van der Waals surface area contributed by atoms with Crippen molar-refractivity contribution >= 4 is 28.8 Å². The Bertz CT molecular complexity index is 1510. The van der Waals surface area contributed by atoms with Crippen molar-refractivity contribution in [1.29, 1.82) is 0 Å². The monoisotopic (exact) mass is 578 g/mol. The van der Waals surface area contributed by atoms with Gasteiger partial charge in [-0.25, -0.2) is 9.67 Å². The Kier molecular flexibility index (Phi) is 8.72. The van der Waals surface area contributed by atoms with Crippen LogP contribution in [0.5, 0.6) is 5.75 Å². The molecule has 1 saturated heterocycles. The first-order valence-electron chi connectivity index (χ1n) is 13.2. The molecule has 1 aromatic heterocycles. The van der Waals surface area contributed by atoms with Gasteiger partial charge in [0.2, 0.25) is 0 Å². The van der Waals surface area contributed by atoms with Gasteiger partial charge in [-0.1, -0.05) is 68.1 Å². The molecule has 11 heteroatoms. The molecule has 0 N–H and O–H groups in total. The highest BCUT2D eigenvalue weighted by Crippen LogP contribution is 2.30. The molecule has 2 heterocycles. The lowest BCUT2D eigenvalue weighted by atomic mass is 10.0. The summed E-state index contributed by atoms with van der Waals surface area (Å²) in [6.45, 7) is 5.37. The normalized spacial score (nSPS) is 15.3. The summed E-state index contributed by atoms with van der Waals surface area (Å²) in [6.07, 6.45) is 0.595. The topological polar surface area (TPSA) is 67.9 Å². The Hall–Kier alpha value is -4.12. The SMILES string of the molecule is CC(C)Cc1ccccc1N1CCCSC1=NN=Cc1ccc(-c2ncn(-c3ccc(OC(F)(F)F)cc3)n2)cc1.